The van der Waals surface area contributed by atoms with Gasteiger partial charge in [-0.1, -0.05) is 6.92 Å². The summed E-state index contributed by atoms with van der Waals surface area (Å²) in [5, 5.41) is 2.71. The molecule has 0 saturated carbocycles. The molecule has 0 bridgehead atoms. The Bertz CT molecular complexity index is 491. The first-order valence-electron chi connectivity index (χ1n) is 5.16. The zero-order valence-corrected chi connectivity index (χ0v) is 11.7. The van der Waals surface area contributed by atoms with E-state index in [9.17, 15) is 13.2 Å². The Morgan fingerprint density at radius 1 is 1.41 bits per heavy atom. The normalized spacial score (nSPS) is 11.8. The van der Waals surface area contributed by atoms with E-state index in [1.807, 2.05) is 0 Å². The predicted molar refractivity (Wildman–Crippen MR) is 67.3 cm³/mol. The van der Waals surface area contributed by atoms with E-state index in [0.717, 1.165) is 4.88 Å². The van der Waals surface area contributed by atoms with Crippen molar-refractivity contribution < 1.29 is 13.2 Å². The van der Waals surface area contributed by atoms with Gasteiger partial charge in [-0.25, -0.2) is 12.7 Å². The molecule has 17 heavy (non-hydrogen) atoms. The van der Waals surface area contributed by atoms with E-state index >= 15 is 0 Å². The fourth-order valence-electron chi connectivity index (χ4n) is 1.08. The first-order valence-corrected chi connectivity index (χ1v) is 7.41. The van der Waals surface area contributed by atoms with E-state index in [0.29, 0.717) is 17.2 Å². The van der Waals surface area contributed by atoms with Gasteiger partial charge in [0.1, 0.15) is 4.21 Å². The number of hydrogen-bond donors (Lipinski definition) is 1. The summed E-state index contributed by atoms with van der Waals surface area (Å²) in [4.78, 5) is 11.9. The highest BCUT2D eigenvalue weighted by atomic mass is 32.2. The lowest BCUT2D eigenvalue weighted by Gasteiger charge is -2.08. The molecule has 0 aliphatic heterocycles. The summed E-state index contributed by atoms with van der Waals surface area (Å²) in [7, 11) is -0.374. The van der Waals surface area contributed by atoms with E-state index in [-0.39, 0.29) is 5.91 Å². The smallest absolute Gasteiger partial charge is 0.252 e. The van der Waals surface area contributed by atoms with Crippen molar-refractivity contribution in [2.24, 2.45) is 0 Å². The average molecular weight is 276 g/mol. The van der Waals surface area contributed by atoms with Gasteiger partial charge in [-0.15, -0.1) is 11.3 Å². The van der Waals surface area contributed by atoms with Gasteiger partial charge < -0.3 is 5.32 Å². The molecule has 1 amide bonds. The Kier molecular flexibility index (Phi) is 4.67. The van der Waals surface area contributed by atoms with Gasteiger partial charge in [-0.3, -0.25) is 4.79 Å². The number of hydrogen-bond acceptors (Lipinski definition) is 4. The number of carbonyl (C=O) groups excluding carboxylic acids is 1. The quantitative estimate of drug-likeness (QED) is 0.873. The van der Waals surface area contributed by atoms with Crippen LogP contribution in [0, 0.1) is 0 Å². The van der Waals surface area contributed by atoms with E-state index in [1.54, 1.807) is 19.1 Å². The summed E-state index contributed by atoms with van der Waals surface area (Å²) < 4.78 is 25.0. The number of amides is 1. The highest BCUT2D eigenvalue weighted by Gasteiger charge is 2.19. The molecule has 7 heteroatoms. The molecule has 5 nitrogen and oxygen atoms in total. The fourth-order valence-corrected chi connectivity index (χ4v) is 3.55. The van der Waals surface area contributed by atoms with Gasteiger partial charge in [0.15, 0.2) is 0 Å². The topological polar surface area (TPSA) is 66.5 Å². The van der Waals surface area contributed by atoms with Gasteiger partial charge in [-0.2, -0.15) is 0 Å². The SMILES string of the molecule is CCC(=O)NCc1ccc(S(=O)(=O)N(C)C)s1. The van der Waals surface area contributed by atoms with Crippen molar-refractivity contribution in [3.05, 3.63) is 17.0 Å². The van der Waals surface area contributed by atoms with Crippen LogP contribution in [0.15, 0.2) is 16.3 Å². The minimum absolute atomic E-state index is 0.0459. The molecule has 0 aliphatic carbocycles. The maximum atomic E-state index is 11.8. The van der Waals surface area contributed by atoms with Crippen molar-refractivity contribution in [3.8, 4) is 0 Å². The molecule has 0 unspecified atom stereocenters. The summed E-state index contributed by atoms with van der Waals surface area (Å²) in [6.07, 6.45) is 0.425. The zero-order chi connectivity index (χ0) is 13.1. The van der Waals surface area contributed by atoms with Crippen LogP contribution >= 0.6 is 11.3 Å². The van der Waals surface area contributed by atoms with Crippen LogP contribution in [0.25, 0.3) is 0 Å². The standard InChI is InChI=1S/C10H16N2O3S2/c1-4-9(13)11-7-8-5-6-10(16-8)17(14,15)12(2)3/h5-6H,4,7H2,1-3H3,(H,11,13). The number of carbonyl (C=O) groups is 1. The van der Waals surface area contributed by atoms with Crippen LogP contribution in [0.2, 0.25) is 0 Å². The first-order chi connectivity index (χ1) is 7.87. The van der Waals surface area contributed by atoms with Crippen molar-refractivity contribution in [1.29, 1.82) is 0 Å². The van der Waals surface area contributed by atoms with E-state index in [1.165, 1.54) is 29.7 Å². The largest absolute Gasteiger partial charge is 0.351 e. The lowest BCUT2D eigenvalue weighted by molar-refractivity contribution is -0.120. The summed E-state index contributed by atoms with van der Waals surface area (Å²) in [6.45, 7) is 2.14. The van der Waals surface area contributed by atoms with Crippen molar-refractivity contribution in [2.75, 3.05) is 14.1 Å². The molecule has 0 saturated heterocycles. The van der Waals surface area contributed by atoms with Crippen LogP contribution < -0.4 is 5.32 Å². The molecule has 1 aromatic heterocycles. The first kappa shape index (κ1) is 14.1. The molecule has 1 rings (SSSR count). The molecule has 1 aromatic rings. The molecule has 0 spiro atoms. The molecule has 1 heterocycles. The van der Waals surface area contributed by atoms with Gasteiger partial charge >= 0.3 is 0 Å². The molecule has 0 aliphatic rings. The highest BCUT2D eigenvalue weighted by Crippen LogP contribution is 2.23. The minimum Gasteiger partial charge on any atom is -0.351 e. The molecule has 96 valence electrons. The lowest BCUT2D eigenvalue weighted by atomic mass is 10.4. The summed E-state index contributed by atoms with van der Waals surface area (Å²) in [5.74, 6) is -0.0459. The number of nitrogens with zero attached hydrogens (tertiary/aromatic N) is 1. The number of rotatable bonds is 5. The van der Waals surface area contributed by atoms with Crippen molar-refractivity contribution >= 4 is 27.3 Å². The van der Waals surface area contributed by atoms with Crippen LogP contribution in [0.3, 0.4) is 0 Å². The zero-order valence-electron chi connectivity index (χ0n) is 10.1. The molecule has 0 fully saturated rings. The molecule has 0 atom stereocenters. The van der Waals surface area contributed by atoms with Gasteiger partial charge in [0.25, 0.3) is 10.0 Å². The van der Waals surface area contributed by atoms with Gasteiger partial charge in [0, 0.05) is 25.4 Å². The highest BCUT2D eigenvalue weighted by molar-refractivity contribution is 7.91. The second-order valence-corrected chi connectivity index (χ2v) is 7.19. The van der Waals surface area contributed by atoms with E-state index in [4.69, 9.17) is 0 Å². The lowest BCUT2D eigenvalue weighted by Crippen LogP contribution is -2.21. The van der Waals surface area contributed by atoms with Crippen LogP contribution in [-0.2, 0) is 21.4 Å². The maximum Gasteiger partial charge on any atom is 0.252 e. The number of nitrogens with one attached hydrogen (secondary N) is 1. The van der Waals surface area contributed by atoms with Crippen LogP contribution in [0.4, 0.5) is 0 Å². The van der Waals surface area contributed by atoms with Crippen LogP contribution in [-0.4, -0.2) is 32.7 Å². The van der Waals surface area contributed by atoms with Gasteiger partial charge in [-0.05, 0) is 12.1 Å². The minimum atomic E-state index is -3.36. The van der Waals surface area contributed by atoms with Gasteiger partial charge in [0.05, 0.1) is 6.54 Å². The van der Waals surface area contributed by atoms with Gasteiger partial charge in [0.2, 0.25) is 5.91 Å². The summed E-state index contributed by atoms with van der Waals surface area (Å²) in [6, 6.07) is 3.28. The number of thiophene rings is 1. The number of sulfonamides is 1. The Morgan fingerprint density at radius 3 is 2.59 bits per heavy atom. The predicted octanol–water partition coefficient (Wildman–Crippen LogP) is 1.02. The van der Waals surface area contributed by atoms with Crippen LogP contribution in [0.1, 0.15) is 18.2 Å². The van der Waals surface area contributed by atoms with Crippen LogP contribution in [0.5, 0.6) is 0 Å². The fraction of sp³-hybridized carbons (Fsp3) is 0.500. The Hall–Kier alpha value is -0.920. The maximum absolute atomic E-state index is 11.8. The third-order valence-corrected chi connectivity index (χ3v) is 5.52. The third kappa shape index (κ3) is 3.52. The molecular weight excluding hydrogens is 260 g/mol. The van der Waals surface area contributed by atoms with Crippen molar-refractivity contribution in [1.82, 2.24) is 9.62 Å². The van der Waals surface area contributed by atoms with Crippen molar-refractivity contribution in [2.45, 2.75) is 24.1 Å². The Balaban J connectivity index is 2.76. The Labute approximate surface area is 105 Å². The van der Waals surface area contributed by atoms with E-state index < -0.39 is 10.0 Å². The Morgan fingerprint density at radius 2 is 2.06 bits per heavy atom. The van der Waals surface area contributed by atoms with E-state index in [2.05, 4.69) is 5.32 Å². The molecular formula is C10H16N2O3S2. The molecule has 0 aromatic carbocycles. The molecule has 0 radical (unpaired) electrons. The second-order valence-electron chi connectivity index (χ2n) is 3.64. The summed E-state index contributed by atoms with van der Waals surface area (Å²) in [5.41, 5.74) is 0. The monoisotopic (exact) mass is 276 g/mol. The second kappa shape index (κ2) is 5.61. The summed E-state index contributed by atoms with van der Waals surface area (Å²) >= 11 is 1.18. The average Bonchev–Trinajstić information content (AvgIpc) is 2.74. The third-order valence-electron chi connectivity index (χ3n) is 2.15. The molecule has 1 N–H and O–H groups in total. The van der Waals surface area contributed by atoms with Crippen molar-refractivity contribution in [3.63, 3.8) is 0 Å².